The second-order valence-corrected chi connectivity index (χ2v) is 14.2. The van der Waals surface area contributed by atoms with Crippen molar-refractivity contribution >= 4 is 22.6 Å². The quantitative estimate of drug-likeness (QED) is 0.134. The molecule has 0 aromatic heterocycles. The van der Waals surface area contributed by atoms with Gasteiger partial charge in [-0.25, -0.2) is 10.1 Å². The van der Waals surface area contributed by atoms with Gasteiger partial charge in [0, 0.05) is 16.7 Å². The lowest BCUT2D eigenvalue weighted by Crippen LogP contribution is -2.41. The smallest absolute Gasteiger partial charge is 0.270 e. The second-order valence-electron chi connectivity index (χ2n) is 14.2. The van der Waals surface area contributed by atoms with Crippen molar-refractivity contribution in [1.29, 1.82) is 5.26 Å². The molecule has 1 heterocycles. The molecular formula is C53H33N3. The van der Waals surface area contributed by atoms with Crippen molar-refractivity contribution < 1.29 is 0 Å². The molecule has 0 saturated heterocycles. The van der Waals surface area contributed by atoms with E-state index in [0.29, 0.717) is 5.57 Å². The molecule has 10 rings (SSSR count). The highest BCUT2D eigenvalue weighted by Gasteiger charge is 2.51. The Bertz CT molecular complexity index is 2750. The SMILES string of the molecule is [C-]#[N+]C(C#N)=C1c2ccccc2C2(c3ccccc31)c1ccccc1N(c1c(-c3ccccc3)cc(-c3ccccc3)cc1-c1ccccc1)c1ccccc12. The fourth-order valence-electron chi connectivity index (χ4n) is 9.15. The Hall–Kier alpha value is -7.72. The fourth-order valence-corrected chi connectivity index (χ4v) is 9.15. The Morgan fingerprint density at radius 2 is 0.839 bits per heavy atom. The summed E-state index contributed by atoms with van der Waals surface area (Å²) in [5.41, 5.74) is 16.2. The third-order valence-corrected chi connectivity index (χ3v) is 11.4. The van der Waals surface area contributed by atoms with Gasteiger partial charge in [-0.2, -0.15) is 0 Å². The van der Waals surface area contributed by atoms with Gasteiger partial charge in [0.2, 0.25) is 0 Å². The van der Waals surface area contributed by atoms with Gasteiger partial charge in [-0.1, -0.05) is 176 Å². The number of benzene rings is 8. The van der Waals surface area contributed by atoms with Gasteiger partial charge in [-0.15, -0.1) is 0 Å². The molecule has 0 bridgehead atoms. The molecule has 0 N–H and O–H groups in total. The zero-order valence-corrected chi connectivity index (χ0v) is 30.4. The van der Waals surface area contributed by atoms with Gasteiger partial charge in [-0.3, -0.25) is 0 Å². The Morgan fingerprint density at radius 1 is 0.446 bits per heavy atom. The van der Waals surface area contributed by atoms with Gasteiger partial charge in [0.1, 0.15) is 0 Å². The van der Waals surface area contributed by atoms with E-state index in [1.54, 1.807) is 0 Å². The predicted octanol–water partition coefficient (Wildman–Crippen LogP) is 13.4. The maximum atomic E-state index is 10.3. The molecule has 8 aromatic carbocycles. The number of anilines is 3. The second kappa shape index (κ2) is 13.3. The Kier molecular flexibility index (Phi) is 7.81. The number of fused-ring (bicyclic) bond motifs is 8. The van der Waals surface area contributed by atoms with Crippen LogP contribution in [-0.2, 0) is 5.41 Å². The summed E-state index contributed by atoms with van der Waals surface area (Å²) in [5.74, 6) is 0. The van der Waals surface area contributed by atoms with Crippen molar-refractivity contribution in [2.24, 2.45) is 0 Å². The van der Waals surface area contributed by atoms with Crippen molar-refractivity contribution in [3.63, 3.8) is 0 Å². The first-order valence-electron chi connectivity index (χ1n) is 18.8. The largest absolute Gasteiger partial charge is 0.309 e. The predicted molar refractivity (Wildman–Crippen MR) is 228 cm³/mol. The summed E-state index contributed by atoms with van der Waals surface area (Å²) < 4.78 is 0. The Morgan fingerprint density at radius 3 is 1.29 bits per heavy atom. The average Bonchev–Trinajstić information content (AvgIpc) is 3.28. The van der Waals surface area contributed by atoms with Crippen LogP contribution in [0.5, 0.6) is 0 Å². The maximum absolute atomic E-state index is 10.3. The van der Waals surface area contributed by atoms with E-state index >= 15 is 0 Å². The molecule has 3 heteroatoms. The van der Waals surface area contributed by atoms with Crippen molar-refractivity contribution in [2.75, 3.05) is 4.90 Å². The van der Waals surface area contributed by atoms with Gasteiger partial charge in [-0.05, 0) is 79.9 Å². The number of hydrogen-bond donors (Lipinski definition) is 0. The molecule has 0 fully saturated rings. The molecule has 260 valence electrons. The van der Waals surface area contributed by atoms with Gasteiger partial charge >= 0.3 is 0 Å². The van der Waals surface area contributed by atoms with E-state index in [0.717, 1.165) is 83.8 Å². The van der Waals surface area contributed by atoms with Crippen LogP contribution < -0.4 is 4.90 Å². The lowest BCUT2D eigenvalue weighted by molar-refractivity contribution is 0.718. The summed E-state index contributed by atoms with van der Waals surface area (Å²) in [6.07, 6.45) is 0. The van der Waals surface area contributed by atoms with E-state index < -0.39 is 5.41 Å². The minimum atomic E-state index is -0.757. The summed E-state index contributed by atoms with van der Waals surface area (Å²) in [6, 6.07) is 73.3. The summed E-state index contributed by atoms with van der Waals surface area (Å²) >= 11 is 0. The number of nitriles is 1. The van der Waals surface area contributed by atoms with Gasteiger partial charge in [0.15, 0.2) is 0 Å². The highest BCUT2D eigenvalue weighted by molar-refractivity contribution is 6.04. The normalized spacial score (nSPS) is 13.0. The molecule has 2 aliphatic rings. The average molecular weight is 712 g/mol. The molecule has 0 unspecified atom stereocenters. The number of allylic oxidation sites excluding steroid dienone is 1. The summed E-state index contributed by atoms with van der Waals surface area (Å²) in [4.78, 5) is 6.25. The number of rotatable bonds is 4. The first kappa shape index (κ1) is 32.9. The van der Waals surface area contributed by atoms with E-state index in [1.807, 2.05) is 12.1 Å². The zero-order valence-electron chi connectivity index (χ0n) is 30.4. The van der Waals surface area contributed by atoms with Crippen LogP contribution in [0.3, 0.4) is 0 Å². The van der Waals surface area contributed by atoms with Gasteiger partial charge in [0.05, 0.1) is 35.1 Å². The van der Waals surface area contributed by atoms with Crippen LogP contribution in [0, 0.1) is 17.9 Å². The molecule has 0 saturated carbocycles. The van der Waals surface area contributed by atoms with Gasteiger partial charge < -0.3 is 4.90 Å². The van der Waals surface area contributed by atoms with E-state index in [9.17, 15) is 5.26 Å². The first-order chi connectivity index (χ1) is 27.7. The molecule has 0 amide bonds. The molecule has 0 atom stereocenters. The monoisotopic (exact) mass is 711 g/mol. The van der Waals surface area contributed by atoms with Crippen LogP contribution in [-0.4, -0.2) is 0 Å². The van der Waals surface area contributed by atoms with E-state index in [4.69, 9.17) is 6.57 Å². The number of hydrogen-bond acceptors (Lipinski definition) is 2. The van der Waals surface area contributed by atoms with Crippen molar-refractivity contribution in [3.05, 3.63) is 251 Å². The number of nitrogens with zero attached hydrogens (tertiary/aromatic N) is 3. The maximum Gasteiger partial charge on any atom is 0.270 e. The molecule has 56 heavy (non-hydrogen) atoms. The van der Waals surface area contributed by atoms with Crippen molar-refractivity contribution in [2.45, 2.75) is 5.41 Å². The number of para-hydroxylation sites is 2. The summed E-state index contributed by atoms with van der Waals surface area (Å²) in [7, 11) is 0. The molecule has 1 aliphatic heterocycles. The van der Waals surface area contributed by atoms with E-state index in [1.165, 1.54) is 0 Å². The molecule has 3 nitrogen and oxygen atoms in total. The van der Waals surface area contributed by atoms with Crippen LogP contribution >= 0.6 is 0 Å². The van der Waals surface area contributed by atoms with E-state index in [2.05, 4.69) is 204 Å². The minimum absolute atomic E-state index is 0.0947. The summed E-state index contributed by atoms with van der Waals surface area (Å²) in [5, 5.41) is 10.3. The lowest BCUT2D eigenvalue weighted by Gasteiger charge is -2.50. The van der Waals surface area contributed by atoms with Crippen LogP contribution in [0.25, 0.3) is 43.8 Å². The lowest BCUT2D eigenvalue weighted by atomic mass is 9.56. The van der Waals surface area contributed by atoms with Crippen molar-refractivity contribution in [3.8, 4) is 39.4 Å². The third kappa shape index (κ3) is 4.82. The third-order valence-electron chi connectivity index (χ3n) is 11.4. The van der Waals surface area contributed by atoms with Crippen molar-refractivity contribution in [1.82, 2.24) is 0 Å². The highest BCUT2D eigenvalue weighted by Crippen LogP contribution is 2.63. The summed E-state index contributed by atoms with van der Waals surface area (Å²) in [6.45, 7) is 8.06. The van der Waals surface area contributed by atoms with Crippen LogP contribution in [0.4, 0.5) is 17.1 Å². The van der Waals surface area contributed by atoms with E-state index in [-0.39, 0.29) is 5.70 Å². The highest BCUT2D eigenvalue weighted by atomic mass is 15.2. The minimum Gasteiger partial charge on any atom is -0.309 e. The zero-order chi connectivity index (χ0) is 37.6. The molecule has 8 aromatic rings. The molecule has 0 radical (unpaired) electrons. The van der Waals surface area contributed by atoms with Crippen LogP contribution in [0.2, 0.25) is 0 Å². The first-order valence-corrected chi connectivity index (χ1v) is 18.8. The molecule has 1 aliphatic carbocycles. The molecular weight excluding hydrogens is 679 g/mol. The Balaban J connectivity index is 1.36. The standard InChI is InChI=1S/C53H33N3/c1-55-48(35-54)51-40-25-11-13-27-44(40)53(45-28-14-12-26-41(45)51)46-29-15-17-31-49(46)56(50-32-18-16-30-47(50)53)52-42(37-21-7-3-8-22-37)33-39(36-19-5-2-6-20-36)34-43(52)38-23-9-4-10-24-38/h2-34H. The van der Waals surface area contributed by atoms with Crippen LogP contribution in [0.1, 0.15) is 33.4 Å². The Labute approximate surface area is 327 Å². The van der Waals surface area contributed by atoms with Gasteiger partial charge in [0.25, 0.3) is 5.70 Å². The molecule has 1 spiro atoms. The van der Waals surface area contributed by atoms with Crippen LogP contribution in [0.15, 0.2) is 206 Å². The topological polar surface area (TPSA) is 31.4 Å². The fraction of sp³-hybridized carbons (Fsp3) is 0.0189.